The van der Waals surface area contributed by atoms with Crippen LogP contribution in [-0.2, 0) is 32.1 Å². The van der Waals surface area contributed by atoms with E-state index in [9.17, 15) is 44.8 Å². The molecule has 1 aliphatic rings. The number of nitrogens with zero attached hydrogens (tertiary/aromatic N) is 2. The molecule has 0 aliphatic carbocycles. The Morgan fingerprint density at radius 1 is 1.05 bits per heavy atom. The monoisotopic (exact) mass is 543 g/mol. The highest BCUT2D eigenvalue weighted by Crippen LogP contribution is 2.28. The lowest BCUT2D eigenvalue weighted by Crippen LogP contribution is -2.54. The second kappa shape index (κ2) is 12.1. The van der Waals surface area contributed by atoms with Gasteiger partial charge in [0.1, 0.15) is 12.2 Å². The molecule has 14 heteroatoms. The predicted octanol–water partition coefficient (Wildman–Crippen LogP) is 2.81. The number of aliphatic hydroxyl groups excluding tert-OH is 1. The number of carbonyl (C=O) groups is 3. The average molecular weight is 543 g/mol. The van der Waals surface area contributed by atoms with Crippen LogP contribution in [0.15, 0.2) is 60.2 Å². The number of nitro benzene ring substituents is 2. The fraction of sp³-hybridized carbons (Fsp3) is 0.320. The van der Waals surface area contributed by atoms with Crippen molar-refractivity contribution in [1.29, 1.82) is 0 Å². The van der Waals surface area contributed by atoms with Gasteiger partial charge in [0.15, 0.2) is 0 Å². The molecule has 0 bridgehead atoms. The maximum Gasteiger partial charge on any atom is 0.506 e. The molecule has 0 spiro atoms. The first-order valence-corrected chi connectivity index (χ1v) is 11.6. The van der Waals surface area contributed by atoms with E-state index in [2.05, 4.69) is 5.32 Å². The molecule has 14 nitrogen and oxygen atoms in total. The second-order valence-corrected chi connectivity index (χ2v) is 9.08. The van der Waals surface area contributed by atoms with Gasteiger partial charge >= 0.3 is 12.1 Å². The van der Waals surface area contributed by atoms with E-state index in [4.69, 9.17) is 9.47 Å². The van der Waals surface area contributed by atoms with Gasteiger partial charge in [-0.05, 0) is 42.7 Å². The molecule has 0 saturated carbocycles. The summed E-state index contributed by atoms with van der Waals surface area (Å²) in [5.41, 5.74) is -0.568. The SMILES string of the molecule is CC(/C=C1/C(=O)N[C@@H]1CC(O)CC(=O)OCc1ccc([N+](=O)[O-])cc1)(Cc1ccc([N+](=O)[O-])cc1)OC(=O)O. The molecule has 2 aromatic carbocycles. The molecular formula is C25H25N3O11. The molecule has 0 aromatic heterocycles. The van der Waals surface area contributed by atoms with Gasteiger partial charge in [-0.1, -0.05) is 12.1 Å². The Morgan fingerprint density at radius 2 is 1.59 bits per heavy atom. The highest BCUT2D eigenvalue weighted by Gasteiger charge is 2.39. The maximum absolute atomic E-state index is 12.2. The number of non-ortho nitro benzene ring substituents is 2. The Bertz CT molecular complexity index is 1290. The standard InChI is InChI=1S/C25H25N3O11/c1-25(39-24(32)33,12-15-2-6-17(7-3-15)27(34)35)13-20-21(26-23(20)31)10-19(29)11-22(30)38-14-16-4-8-18(9-5-16)28(36)37/h2-9,13,19,21,29H,10-12,14H2,1H3,(H,26,31)(H,32,33)/b20-13+/t19?,21-,25?/m1/s1. The van der Waals surface area contributed by atoms with Gasteiger partial charge < -0.3 is 25.0 Å². The van der Waals surface area contributed by atoms with E-state index >= 15 is 0 Å². The summed E-state index contributed by atoms with van der Waals surface area (Å²) in [6.45, 7) is 1.28. The van der Waals surface area contributed by atoms with E-state index in [0.717, 1.165) is 0 Å². The summed E-state index contributed by atoms with van der Waals surface area (Å²) in [4.78, 5) is 56.2. The summed E-state index contributed by atoms with van der Waals surface area (Å²) in [5, 5.41) is 43.8. The van der Waals surface area contributed by atoms with Crippen LogP contribution in [0.25, 0.3) is 0 Å². The zero-order chi connectivity index (χ0) is 28.7. The molecule has 39 heavy (non-hydrogen) atoms. The molecule has 3 N–H and O–H groups in total. The number of amides is 1. The normalized spacial score (nSPS) is 17.7. The van der Waals surface area contributed by atoms with Crippen molar-refractivity contribution in [2.24, 2.45) is 0 Å². The lowest BCUT2D eigenvalue weighted by molar-refractivity contribution is -0.385. The molecule has 3 rings (SSSR count). The number of nitro groups is 2. The smallest absolute Gasteiger partial charge is 0.461 e. The second-order valence-electron chi connectivity index (χ2n) is 9.08. The van der Waals surface area contributed by atoms with Crippen LogP contribution < -0.4 is 5.32 Å². The van der Waals surface area contributed by atoms with Crippen LogP contribution in [0.3, 0.4) is 0 Å². The van der Waals surface area contributed by atoms with Crippen LogP contribution in [0.1, 0.15) is 30.9 Å². The molecule has 206 valence electrons. The molecule has 1 fully saturated rings. The largest absolute Gasteiger partial charge is 0.506 e. The Morgan fingerprint density at radius 3 is 2.08 bits per heavy atom. The highest BCUT2D eigenvalue weighted by atomic mass is 16.7. The van der Waals surface area contributed by atoms with Crippen LogP contribution in [0, 0.1) is 20.2 Å². The first kappa shape index (κ1) is 28.7. The number of hydrogen-bond donors (Lipinski definition) is 3. The van der Waals surface area contributed by atoms with Crippen molar-refractivity contribution < 1.29 is 43.9 Å². The fourth-order valence-electron chi connectivity index (χ4n) is 4.02. The number of rotatable bonds is 12. The Kier molecular flexibility index (Phi) is 8.93. The molecule has 2 unspecified atom stereocenters. The summed E-state index contributed by atoms with van der Waals surface area (Å²) in [5.74, 6) is -1.23. The number of carbonyl (C=O) groups excluding carboxylic acids is 2. The van der Waals surface area contributed by atoms with E-state index in [1.807, 2.05) is 0 Å². The fourth-order valence-corrected chi connectivity index (χ4v) is 4.02. The van der Waals surface area contributed by atoms with E-state index in [1.165, 1.54) is 61.5 Å². The third-order valence-electron chi connectivity index (χ3n) is 5.88. The van der Waals surface area contributed by atoms with Crippen molar-refractivity contribution in [3.05, 3.63) is 91.5 Å². The molecule has 1 amide bonds. The average Bonchev–Trinajstić information content (AvgIpc) is 2.86. The van der Waals surface area contributed by atoms with E-state index in [1.54, 1.807) is 0 Å². The van der Waals surface area contributed by atoms with Gasteiger partial charge in [-0.25, -0.2) is 4.79 Å². The topological polar surface area (TPSA) is 208 Å². The van der Waals surface area contributed by atoms with Crippen LogP contribution in [-0.4, -0.2) is 55.8 Å². The van der Waals surface area contributed by atoms with Crippen LogP contribution in [0.4, 0.5) is 16.2 Å². The number of aliphatic hydroxyl groups is 1. The molecule has 2 aromatic rings. The Labute approximate surface area is 221 Å². The lowest BCUT2D eigenvalue weighted by Gasteiger charge is -2.35. The van der Waals surface area contributed by atoms with E-state index in [0.29, 0.717) is 11.1 Å². The number of β-lactam (4-membered cyclic amide) rings is 1. The van der Waals surface area contributed by atoms with Gasteiger partial charge in [-0.15, -0.1) is 0 Å². The highest BCUT2D eigenvalue weighted by molar-refractivity contribution is 6.02. The summed E-state index contributed by atoms with van der Waals surface area (Å²) in [6, 6.07) is 10.2. The molecule has 1 saturated heterocycles. The zero-order valence-corrected chi connectivity index (χ0v) is 20.6. The molecule has 0 radical (unpaired) electrons. The first-order valence-electron chi connectivity index (χ1n) is 11.6. The number of benzene rings is 2. The van der Waals surface area contributed by atoms with E-state index < -0.39 is 52.0 Å². The number of carboxylic acid groups (broad SMARTS) is 1. The Balaban J connectivity index is 1.60. The summed E-state index contributed by atoms with van der Waals surface area (Å²) < 4.78 is 10.1. The number of hydrogen-bond acceptors (Lipinski definition) is 10. The minimum Gasteiger partial charge on any atom is -0.461 e. The lowest BCUT2D eigenvalue weighted by atomic mass is 9.85. The number of nitrogens with one attached hydrogen (secondary N) is 1. The van der Waals surface area contributed by atoms with Crippen molar-refractivity contribution in [2.45, 2.75) is 50.5 Å². The van der Waals surface area contributed by atoms with Crippen LogP contribution in [0.5, 0.6) is 0 Å². The van der Waals surface area contributed by atoms with Crippen molar-refractivity contribution >= 4 is 29.4 Å². The maximum atomic E-state index is 12.2. The minimum atomic E-state index is -1.59. The summed E-state index contributed by atoms with van der Waals surface area (Å²) in [7, 11) is 0. The quantitative estimate of drug-likeness (QED) is 0.116. The summed E-state index contributed by atoms with van der Waals surface area (Å²) in [6.07, 6.45) is -1.96. The molecular weight excluding hydrogens is 518 g/mol. The zero-order valence-electron chi connectivity index (χ0n) is 20.6. The van der Waals surface area contributed by atoms with Crippen LogP contribution in [0.2, 0.25) is 0 Å². The van der Waals surface area contributed by atoms with Gasteiger partial charge in [0.2, 0.25) is 5.91 Å². The van der Waals surface area contributed by atoms with Crippen molar-refractivity contribution in [3.63, 3.8) is 0 Å². The molecule has 1 aliphatic heterocycles. The first-order chi connectivity index (χ1) is 18.3. The van der Waals surface area contributed by atoms with Gasteiger partial charge in [0, 0.05) is 36.3 Å². The molecule has 1 heterocycles. The van der Waals surface area contributed by atoms with Gasteiger partial charge in [0.25, 0.3) is 11.4 Å². The third kappa shape index (κ3) is 8.07. The number of ether oxygens (including phenoxy) is 2. The minimum absolute atomic E-state index is 0.0294. The molecule has 3 atom stereocenters. The van der Waals surface area contributed by atoms with Gasteiger partial charge in [0.05, 0.1) is 28.4 Å². The third-order valence-corrected chi connectivity index (χ3v) is 5.88. The van der Waals surface area contributed by atoms with Crippen molar-refractivity contribution in [2.75, 3.05) is 0 Å². The number of esters is 1. The predicted molar refractivity (Wildman–Crippen MR) is 132 cm³/mol. The summed E-state index contributed by atoms with van der Waals surface area (Å²) >= 11 is 0. The van der Waals surface area contributed by atoms with Gasteiger partial charge in [-0.3, -0.25) is 29.8 Å². The van der Waals surface area contributed by atoms with Crippen molar-refractivity contribution in [1.82, 2.24) is 5.32 Å². The Hall–Kier alpha value is -4.85. The van der Waals surface area contributed by atoms with Crippen molar-refractivity contribution in [3.8, 4) is 0 Å². The van der Waals surface area contributed by atoms with Crippen LogP contribution >= 0.6 is 0 Å². The van der Waals surface area contributed by atoms with E-state index in [-0.39, 0.29) is 36.4 Å². The van der Waals surface area contributed by atoms with Gasteiger partial charge in [-0.2, -0.15) is 0 Å².